The van der Waals surface area contributed by atoms with Crippen molar-refractivity contribution in [1.82, 2.24) is 4.31 Å². The lowest BCUT2D eigenvalue weighted by Gasteiger charge is -2.19. The molecule has 1 heterocycles. The molecule has 0 atom stereocenters. The number of nitrogens with zero attached hydrogens (tertiary/aromatic N) is 1. The van der Waals surface area contributed by atoms with Gasteiger partial charge in [-0.2, -0.15) is 4.31 Å². The standard InChI is InChI=1S/C13H17NO4S/c1-11(15)12-3-5-13(6-4-12)19(16,17)14-7-2-9-18-10-8-14/h3-6H,2,7-10H2,1H3. The Kier molecular flexibility index (Phi) is 4.34. The molecule has 0 aliphatic carbocycles. The smallest absolute Gasteiger partial charge is 0.243 e. The molecule has 1 aliphatic heterocycles. The number of carbonyl (C=O) groups is 1. The molecule has 2 rings (SSSR count). The molecule has 0 radical (unpaired) electrons. The Morgan fingerprint density at radius 2 is 1.84 bits per heavy atom. The summed E-state index contributed by atoms with van der Waals surface area (Å²) in [5.41, 5.74) is 0.512. The van der Waals surface area contributed by atoms with Gasteiger partial charge in [0, 0.05) is 25.3 Å². The van der Waals surface area contributed by atoms with Crippen molar-refractivity contribution in [3.8, 4) is 0 Å². The topological polar surface area (TPSA) is 63.7 Å². The summed E-state index contributed by atoms with van der Waals surface area (Å²) in [5, 5.41) is 0. The minimum Gasteiger partial charge on any atom is -0.380 e. The predicted octanol–water partition coefficient (Wildman–Crippen LogP) is 1.30. The number of rotatable bonds is 3. The highest BCUT2D eigenvalue weighted by molar-refractivity contribution is 7.89. The van der Waals surface area contributed by atoms with Crippen LogP contribution < -0.4 is 0 Å². The summed E-state index contributed by atoms with van der Waals surface area (Å²) >= 11 is 0. The van der Waals surface area contributed by atoms with E-state index in [0.29, 0.717) is 38.3 Å². The SMILES string of the molecule is CC(=O)c1ccc(S(=O)(=O)N2CCCOCC2)cc1. The Morgan fingerprint density at radius 1 is 1.16 bits per heavy atom. The van der Waals surface area contributed by atoms with Gasteiger partial charge >= 0.3 is 0 Å². The van der Waals surface area contributed by atoms with Crippen molar-refractivity contribution in [3.05, 3.63) is 29.8 Å². The lowest BCUT2D eigenvalue weighted by Crippen LogP contribution is -2.33. The highest BCUT2D eigenvalue weighted by Gasteiger charge is 2.25. The Hall–Kier alpha value is -1.24. The molecule has 0 saturated carbocycles. The van der Waals surface area contributed by atoms with E-state index in [-0.39, 0.29) is 10.7 Å². The van der Waals surface area contributed by atoms with E-state index in [1.165, 1.54) is 23.4 Å². The zero-order valence-corrected chi connectivity index (χ0v) is 11.6. The van der Waals surface area contributed by atoms with Gasteiger partial charge in [0.25, 0.3) is 0 Å². The van der Waals surface area contributed by atoms with Crippen LogP contribution in [0.4, 0.5) is 0 Å². The molecule has 6 heteroatoms. The summed E-state index contributed by atoms with van der Waals surface area (Å²) in [6, 6.07) is 6.06. The summed E-state index contributed by atoms with van der Waals surface area (Å²) in [6.45, 7) is 3.31. The highest BCUT2D eigenvalue weighted by atomic mass is 32.2. The van der Waals surface area contributed by atoms with Crippen LogP contribution in [-0.2, 0) is 14.8 Å². The normalized spacial score (nSPS) is 17.9. The van der Waals surface area contributed by atoms with Gasteiger partial charge in [0.05, 0.1) is 11.5 Å². The average molecular weight is 283 g/mol. The van der Waals surface area contributed by atoms with E-state index in [0.717, 1.165) is 0 Å². The highest BCUT2D eigenvalue weighted by Crippen LogP contribution is 2.18. The van der Waals surface area contributed by atoms with Crippen LogP contribution in [0.3, 0.4) is 0 Å². The third-order valence-electron chi connectivity index (χ3n) is 3.08. The second kappa shape index (κ2) is 5.81. The molecule has 1 fully saturated rings. The molecule has 0 spiro atoms. The quantitative estimate of drug-likeness (QED) is 0.784. The van der Waals surface area contributed by atoms with Gasteiger partial charge in [-0.05, 0) is 25.5 Å². The summed E-state index contributed by atoms with van der Waals surface area (Å²) in [5.74, 6) is -0.0767. The first-order valence-electron chi connectivity index (χ1n) is 6.21. The van der Waals surface area contributed by atoms with E-state index in [9.17, 15) is 13.2 Å². The first-order valence-corrected chi connectivity index (χ1v) is 7.65. The van der Waals surface area contributed by atoms with Crippen molar-refractivity contribution in [3.63, 3.8) is 0 Å². The fraction of sp³-hybridized carbons (Fsp3) is 0.462. The van der Waals surface area contributed by atoms with Crippen LogP contribution in [0, 0.1) is 0 Å². The van der Waals surface area contributed by atoms with Crippen LogP contribution in [0.5, 0.6) is 0 Å². The molecule has 1 aromatic rings. The number of ketones is 1. The van der Waals surface area contributed by atoms with Gasteiger partial charge < -0.3 is 4.74 Å². The van der Waals surface area contributed by atoms with Crippen LogP contribution >= 0.6 is 0 Å². The zero-order chi connectivity index (χ0) is 13.9. The Labute approximate surface area is 113 Å². The van der Waals surface area contributed by atoms with Crippen molar-refractivity contribution >= 4 is 15.8 Å². The second-order valence-electron chi connectivity index (χ2n) is 4.45. The van der Waals surface area contributed by atoms with Crippen LogP contribution in [0.25, 0.3) is 0 Å². The van der Waals surface area contributed by atoms with Crippen molar-refractivity contribution in [2.45, 2.75) is 18.2 Å². The molecule has 19 heavy (non-hydrogen) atoms. The summed E-state index contributed by atoms with van der Waals surface area (Å²) in [7, 11) is -3.49. The molecule has 0 amide bonds. The van der Waals surface area contributed by atoms with Crippen LogP contribution in [0.2, 0.25) is 0 Å². The molecular weight excluding hydrogens is 266 g/mol. The van der Waals surface area contributed by atoms with Crippen LogP contribution in [0.15, 0.2) is 29.2 Å². The molecule has 0 unspecified atom stereocenters. The van der Waals surface area contributed by atoms with Crippen molar-refractivity contribution in [2.75, 3.05) is 26.3 Å². The summed E-state index contributed by atoms with van der Waals surface area (Å²) < 4.78 is 31.5. The Balaban J connectivity index is 2.25. The monoisotopic (exact) mass is 283 g/mol. The summed E-state index contributed by atoms with van der Waals surface area (Å²) in [6.07, 6.45) is 0.699. The van der Waals surface area contributed by atoms with Gasteiger partial charge in [-0.15, -0.1) is 0 Å². The fourth-order valence-corrected chi connectivity index (χ4v) is 3.44. The van der Waals surface area contributed by atoms with E-state index >= 15 is 0 Å². The van der Waals surface area contributed by atoms with Gasteiger partial charge in [-0.25, -0.2) is 8.42 Å². The Bertz CT molecular complexity index is 543. The maximum absolute atomic E-state index is 12.4. The maximum atomic E-state index is 12.4. The number of hydrogen-bond donors (Lipinski definition) is 0. The largest absolute Gasteiger partial charge is 0.380 e. The first-order chi connectivity index (χ1) is 9.01. The second-order valence-corrected chi connectivity index (χ2v) is 6.39. The van der Waals surface area contributed by atoms with Crippen molar-refractivity contribution < 1.29 is 17.9 Å². The van der Waals surface area contributed by atoms with E-state index in [4.69, 9.17) is 4.74 Å². The van der Waals surface area contributed by atoms with E-state index in [2.05, 4.69) is 0 Å². The number of ether oxygens (including phenoxy) is 1. The lowest BCUT2D eigenvalue weighted by molar-refractivity contribution is 0.101. The van der Waals surface area contributed by atoms with Gasteiger partial charge in [0.15, 0.2) is 5.78 Å². The molecule has 1 aliphatic rings. The third kappa shape index (κ3) is 3.20. The number of carbonyl (C=O) groups excluding carboxylic acids is 1. The molecule has 0 aromatic heterocycles. The zero-order valence-electron chi connectivity index (χ0n) is 10.8. The van der Waals surface area contributed by atoms with E-state index < -0.39 is 10.0 Å². The average Bonchev–Trinajstić information content (AvgIpc) is 2.68. The van der Waals surface area contributed by atoms with Gasteiger partial charge in [0.2, 0.25) is 10.0 Å². The minimum atomic E-state index is -3.49. The van der Waals surface area contributed by atoms with Gasteiger partial charge in [-0.1, -0.05) is 12.1 Å². The summed E-state index contributed by atoms with van der Waals surface area (Å²) in [4.78, 5) is 11.4. The van der Waals surface area contributed by atoms with Gasteiger partial charge in [0.1, 0.15) is 0 Å². The number of hydrogen-bond acceptors (Lipinski definition) is 4. The number of Topliss-reactive ketones (excluding diaryl/α,β-unsaturated/α-hetero) is 1. The maximum Gasteiger partial charge on any atom is 0.243 e. The molecule has 0 bridgehead atoms. The Morgan fingerprint density at radius 3 is 2.47 bits per heavy atom. The number of benzene rings is 1. The third-order valence-corrected chi connectivity index (χ3v) is 4.99. The van der Waals surface area contributed by atoms with Gasteiger partial charge in [-0.3, -0.25) is 4.79 Å². The predicted molar refractivity (Wildman–Crippen MR) is 70.6 cm³/mol. The molecule has 0 N–H and O–H groups in total. The van der Waals surface area contributed by atoms with Crippen LogP contribution in [-0.4, -0.2) is 44.8 Å². The van der Waals surface area contributed by atoms with Crippen LogP contribution in [0.1, 0.15) is 23.7 Å². The first kappa shape index (κ1) is 14.2. The molecule has 104 valence electrons. The van der Waals surface area contributed by atoms with E-state index in [1.807, 2.05) is 0 Å². The molecule has 1 saturated heterocycles. The fourth-order valence-electron chi connectivity index (χ4n) is 1.97. The lowest BCUT2D eigenvalue weighted by atomic mass is 10.2. The number of sulfonamides is 1. The minimum absolute atomic E-state index is 0.0767. The van der Waals surface area contributed by atoms with E-state index in [1.54, 1.807) is 12.1 Å². The van der Waals surface area contributed by atoms with Crippen molar-refractivity contribution in [1.29, 1.82) is 0 Å². The molecule has 5 nitrogen and oxygen atoms in total. The van der Waals surface area contributed by atoms with Crippen molar-refractivity contribution in [2.24, 2.45) is 0 Å². The molecule has 1 aromatic carbocycles. The molecular formula is C13H17NO4S.